The third-order valence-corrected chi connectivity index (χ3v) is 5.09. The molecule has 1 fully saturated rings. The lowest BCUT2D eigenvalue weighted by atomic mass is 10.1. The van der Waals surface area contributed by atoms with Gasteiger partial charge < -0.3 is 15.1 Å². The third-order valence-electron chi connectivity index (χ3n) is 5.09. The number of hydrogen-bond donors (Lipinski definition) is 2. The third kappa shape index (κ3) is 3.87. The molecule has 2 aromatic rings. The summed E-state index contributed by atoms with van der Waals surface area (Å²) in [6.07, 6.45) is 1.62. The number of anilines is 1. The summed E-state index contributed by atoms with van der Waals surface area (Å²) in [4.78, 5) is 13.1. The lowest BCUT2D eigenvalue weighted by Crippen LogP contribution is -2.46. The fourth-order valence-electron chi connectivity index (χ4n) is 3.52. The maximum absolute atomic E-state index is 10.3. The number of nitrogens with zero attached hydrogens (tertiary/aromatic N) is 5. The summed E-state index contributed by atoms with van der Waals surface area (Å²) in [6.45, 7) is 9.13. The summed E-state index contributed by atoms with van der Waals surface area (Å²) in [6, 6.07) is 4.22. The number of nitriles is 1. The van der Waals surface area contributed by atoms with Crippen molar-refractivity contribution in [3.63, 3.8) is 0 Å². The highest BCUT2D eigenvalue weighted by atomic mass is 16.3. The standard InChI is InChI=1S/C20H25N5O2/c1-13-8-14(2)23-20(17(13)9-21)25-6-4-24(5-7-25)11-18-16(12-26)10-22-15(3)19(18)27/h8,10,26-27H,4-7,11-12H2,1-3H3. The predicted octanol–water partition coefficient (Wildman–Crippen LogP) is 1.79. The maximum atomic E-state index is 10.3. The first-order valence-electron chi connectivity index (χ1n) is 9.07. The molecule has 0 saturated carbocycles. The number of aromatic hydroxyl groups is 1. The Bertz CT molecular complexity index is 883. The van der Waals surface area contributed by atoms with Crippen molar-refractivity contribution in [2.24, 2.45) is 0 Å². The molecule has 0 spiro atoms. The molecule has 3 rings (SSSR count). The van der Waals surface area contributed by atoms with Crippen LogP contribution in [0.5, 0.6) is 5.75 Å². The highest BCUT2D eigenvalue weighted by Crippen LogP contribution is 2.27. The number of aromatic nitrogens is 2. The van der Waals surface area contributed by atoms with Gasteiger partial charge in [0.15, 0.2) is 0 Å². The van der Waals surface area contributed by atoms with Gasteiger partial charge in [-0.1, -0.05) is 0 Å². The molecule has 0 aliphatic carbocycles. The molecule has 0 aromatic carbocycles. The van der Waals surface area contributed by atoms with Crippen LogP contribution >= 0.6 is 0 Å². The topological polar surface area (TPSA) is 96.5 Å². The van der Waals surface area contributed by atoms with Crippen LogP contribution in [0.3, 0.4) is 0 Å². The normalized spacial score (nSPS) is 15.0. The number of rotatable bonds is 4. The molecule has 0 radical (unpaired) electrons. The largest absolute Gasteiger partial charge is 0.506 e. The Kier molecular flexibility index (Phi) is 5.59. The summed E-state index contributed by atoms with van der Waals surface area (Å²) in [5.74, 6) is 0.917. The zero-order valence-corrected chi connectivity index (χ0v) is 16.0. The van der Waals surface area contributed by atoms with Gasteiger partial charge in [-0.2, -0.15) is 5.26 Å². The molecule has 27 heavy (non-hydrogen) atoms. The Morgan fingerprint density at radius 3 is 2.52 bits per heavy atom. The van der Waals surface area contributed by atoms with Gasteiger partial charge in [0.05, 0.1) is 17.9 Å². The molecule has 0 atom stereocenters. The van der Waals surface area contributed by atoms with E-state index in [1.54, 1.807) is 13.1 Å². The average Bonchev–Trinajstić information content (AvgIpc) is 2.66. The molecule has 2 N–H and O–H groups in total. The van der Waals surface area contributed by atoms with Gasteiger partial charge in [0.25, 0.3) is 0 Å². The summed E-state index contributed by atoms with van der Waals surface area (Å²) in [5.41, 5.74) is 4.46. The van der Waals surface area contributed by atoms with Gasteiger partial charge in [0, 0.05) is 55.7 Å². The van der Waals surface area contributed by atoms with Crippen LogP contribution in [0.15, 0.2) is 12.3 Å². The SMILES string of the molecule is Cc1cc(C)c(C#N)c(N2CCN(Cc3c(CO)cnc(C)c3O)CC2)n1. The number of aliphatic hydroxyl groups excluding tert-OH is 1. The van der Waals surface area contributed by atoms with Crippen LogP contribution in [0.1, 0.15) is 33.6 Å². The van der Waals surface area contributed by atoms with E-state index in [0.717, 1.165) is 48.8 Å². The molecule has 3 heterocycles. The first-order chi connectivity index (χ1) is 12.9. The van der Waals surface area contributed by atoms with E-state index in [4.69, 9.17) is 0 Å². The lowest BCUT2D eigenvalue weighted by Gasteiger charge is -2.36. The minimum atomic E-state index is -0.145. The van der Waals surface area contributed by atoms with E-state index < -0.39 is 0 Å². The summed E-state index contributed by atoms with van der Waals surface area (Å²) in [5, 5.41) is 29.4. The molecule has 1 aliphatic heterocycles. The molecule has 0 amide bonds. The average molecular weight is 367 g/mol. The molecule has 1 saturated heterocycles. The zero-order valence-electron chi connectivity index (χ0n) is 16.0. The monoisotopic (exact) mass is 367 g/mol. The molecule has 7 heteroatoms. The molecule has 142 valence electrons. The molecular weight excluding hydrogens is 342 g/mol. The fourth-order valence-corrected chi connectivity index (χ4v) is 3.52. The van der Waals surface area contributed by atoms with Crippen molar-refractivity contribution in [1.82, 2.24) is 14.9 Å². The molecular formula is C20H25N5O2. The highest BCUT2D eigenvalue weighted by Gasteiger charge is 2.23. The molecule has 2 aromatic heterocycles. The van der Waals surface area contributed by atoms with E-state index in [-0.39, 0.29) is 12.4 Å². The van der Waals surface area contributed by atoms with E-state index in [9.17, 15) is 15.5 Å². The van der Waals surface area contributed by atoms with Crippen molar-refractivity contribution < 1.29 is 10.2 Å². The lowest BCUT2D eigenvalue weighted by molar-refractivity contribution is 0.238. The van der Waals surface area contributed by atoms with Gasteiger partial charge in [-0.05, 0) is 32.4 Å². The Balaban J connectivity index is 1.74. The van der Waals surface area contributed by atoms with Crippen molar-refractivity contribution in [1.29, 1.82) is 5.26 Å². The van der Waals surface area contributed by atoms with E-state index >= 15 is 0 Å². The number of pyridine rings is 2. The second-order valence-electron chi connectivity index (χ2n) is 7.01. The van der Waals surface area contributed by atoms with E-state index in [1.807, 2.05) is 19.9 Å². The minimum Gasteiger partial charge on any atom is -0.506 e. The fraction of sp³-hybridized carbons (Fsp3) is 0.450. The van der Waals surface area contributed by atoms with Crippen LogP contribution in [0.4, 0.5) is 5.82 Å². The van der Waals surface area contributed by atoms with Crippen molar-refractivity contribution in [2.45, 2.75) is 33.9 Å². The summed E-state index contributed by atoms with van der Waals surface area (Å²) < 4.78 is 0. The Morgan fingerprint density at radius 1 is 1.19 bits per heavy atom. The van der Waals surface area contributed by atoms with Gasteiger partial charge >= 0.3 is 0 Å². The van der Waals surface area contributed by atoms with Crippen LogP contribution in [0.2, 0.25) is 0 Å². The minimum absolute atomic E-state index is 0.145. The number of hydrogen-bond acceptors (Lipinski definition) is 7. The molecule has 0 unspecified atom stereocenters. The van der Waals surface area contributed by atoms with Crippen LogP contribution < -0.4 is 4.90 Å². The quantitative estimate of drug-likeness (QED) is 0.850. The first kappa shape index (κ1) is 19.1. The summed E-state index contributed by atoms with van der Waals surface area (Å²) >= 11 is 0. The van der Waals surface area contributed by atoms with Gasteiger partial charge in [-0.3, -0.25) is 9.88 Å². The Hall–Kier alpha value is -2.69. The van der Waals surface area contributed by atoms with Crippen molar-refractivity contribution in [3.05, 3.63) is 45.9 Å². The second kappa shape index (κ2) is 7.91. The van der Waals surface area contributed by atoms with Gasteiger partial charge in [-0.25, -0.2) is 4.98 Å². The molecule has 1 aliphatic rings. The van der Waals surface area contributed by atoms with Crippen LogP contribution in [-0.2, 0) is 13.2 Å². The Morgan fingerprint density at radius 2 is 1.89 bits per heavy atom. The van der Waals surface area contributed by atoms with Crippen LogP contribution in [-0.4, -0.2) is 51.3 Å². The summed E-state index contributed by atoms with van der Waals surface area (Å²) in [7, 11) is 0. The number of aliphatic hydroxyl groups is 1. The molecule has 7 nitrogen and oxygen atoms in total. The van der Waals surface area contributed by atoms with Gasteiger partial charge in [0.2, 0.25) is 0 Å². The predicted molar refractivity (Wildman–Crippen MR) is 102 cm³/mol. The molecule has 0 bridgehead atoms. The van der Waals surface area contributed by atoms with E-state index in [1.165, 1.54) is 0 Å². The van der Waals surface area contributed by atoms with Gasteiger partial charge in [-0.15, -0.1) is 0 Å². The van der Waals surface area contributed by atoms with Crippen LogP contribution in [0.25, 0.3) is 0 Å². The number of aryl methyl sites for hydroxylation is 3. The van der Waals surface area contributed by atoms with Crippen molar-refractivity contribution in [3.8, 4) is 11.8 Å². The van der Waals surface area contributed by atoms with Gasteiger partial charge in [0.1, 0.15) is 17.6 Å². The Labute approximate surface area is 159 Å². The number of piperazine rings is 1. The first-order valence-corrected chi connectivity index (χ1v) is 9.07. The highest BCUT2D eigenvalue weighted by molar-refractivity contribution is 5.58. The zero-order chi connectivity index (χ0) is 19.6. The van der Waals surface area contributed by atoms with Crippen molar-refractivity contribution in [2.75, 3.05) is 31.1 Å². The van der Waals surface area contributed by atoms with E-state index in [2.05, 4.69) is 25.8 Å². The second-order valence-corrected chi connectivity index (χ2v) is 7.01. The van der Waals surface area contributed by atoms with E-state index in [0.29, 0.717) is 23.4 Å². The maximum Gasteiger partial charge on any atom is 0.147 e. The van der Waals surface area contributed by atoms with Crippen LogP contribution in [0, 0.1) is 32.1 Å². The smallest absolute Gasteiger partial charge is 0.147 e. The van der Waals surface area contributed by atoms with Crippen molar-refractivity contribution >= 4 is 5.82 Å².